The first-order valence-corrected chi connectivity index (χ1v) is 10.9. The average Bonchev–Trinajstić information content (AvgIpc) is 3.37. The molecule has 1 N–H and O–H groups in total. The lowest BCUT2D eigenvalue weighted by Crippen LogP contribution is -2.37. The number of H-pyrrole nitrogens is 1. The fourth-order valence-corrected chi connectivity index (χ4v) is 4.46. The number of carbonyl (C=O) groups excluding carboxylic acids is 1. The minimum absolute atomic E-state index is 0.0789. The van der Waals surface area contributed by atoms with Crippen molar-refractivity contribution in [3.8, 4) is 22.3 Å². The predicted octanol–water partition coefficient (Wildman–Crippen LogP) is 5.64. The summed E-state index contributed by atoms with van der Waals surface area (Å²) >= 11 is 0. The van der Waals surface area contributed by atoms with E-state index in [1.165, 1.54) is 6.07 Å². The van der Waals surface area contributed by atoms with Crippen molar-refractivity contribution >= 4 is 5.78 Å². The van der Waals surface area contributed by atoms with Crippen LogP contribution in [0.25, 0.3) is 22.3 Å². The largest absolute Gasteiger partial charge is 0.300 e. The number of piperidine rings is 1. The highest BCUT2D eigenvalue weighted by Crippen LogP contribution is 2.34. The van der Waals surface area contributed by atoms with Crippen LogP contribution in [-0.2, 0) is 4.79 Å². The van der Waals surface area contributed by atoms with Crippen LogP contribution in [-0.4, -0.2) is 34.0 Å². The maximum atomic E-state index is 14.9. The van der Waals surface area contributed by atoms with Crippen LogP contribution in [0.1, 0.15) is 30.0 Å². The molecule has 0 bridgehead atoms. The number of aromatic nitrogens is 2. The van der Waals surface area contributed by atoms with Gasteiger partial charge in [0.15, 0.2) is 0 Å². The molecule has 1 fully saturated rings. The Morgan fingerprint density at radius 3 is 2.22 bits per heavy atom. The summed E-state index contributed by atoms with van der Waals surface area (Å²) < 4.78 is 14.9. The van der Waals surface area contributed by atoms with Gasteiger partial charge in [-0.3, -0.25) is 14.8 Å². The zero-order valence-corrected chi connectivity index (χ0v) is 17.7. The summed E-state index contributed by atoms with van der Waals surface area (Å²) in [4.78, 5) is 14.1. The minimum atomic E-state index is -0.249. The Bertz CT molecular complexity index is 1190. The molecular formula is C27H24FN3O. The van der Waals surface area contributed by atoms with Gasteiger partial charge in [0.1, 0.15) is 11.6 Å². The molecular weight excluding hydrogens is 401 g/mol. The molecule has 4 aromatic rings. The predicted molar refractivity (Wildman–Crippen MR) is 124 cm³/mol. The maximum absolute atomic E-state index is 14.9. The van der Waals surface area contributed by atoms with Gasteiger partial charge in [-0.1, -0.05) is 60.7 Å². The van der Waals surface area contributed by atoms with Crippen molar-refractivity contribution in [2.24, 2.45) is 0 Å². The number of Topliss-reactive ketones (excluding diaryl/α,β-unsaturated/α-hetero) is 1. The van der Waals surface area contributed by atoms with Crippen molar-refractivity contribution in [2.45, 2.75) is 18.9 Å². The van der Waals surface area contributed by atoms with Crippen LogP contribution in [0.5, 0.6) is 0 Å². The molecule has 1 aromatic heterocycles. The van der Waals surface area contributed by atoms with E-state index in [1.807, 2.05) is 60.8 Å². The molecule has 0 spiro atoms. The Morgan fingerprint density at radius 2 is 1.53 bits per heavy atom. The van der Waals surface area contributed by atoms with E-state index in [1.54, 1.807) is 6.20 Å². The maximum Gasteiger partial charge on any atom is 0.135 e. The third kappa shape index (κ3) is 4.12. The van der Waals surface area contributed by atoms with Gasteiger partial charge in [-0.05, 0) is 34.4 Å². The lowest BCUT2D eigenvalue weighted by molar-refractivity contribution is -0.121. The fourth-order valence-electron chi connectivity index (χ4n) is 4.46. The SMILES string of the molecule is O=C1CCN(C(c2cn[nH]c2)c2ccc(F)c(-c3ccc(-c4ccccc4)cc3)c2)CC1. The number of nitrogens with one attached hydrogen (secondary N) is 1. The molecule has 5 rings (SSSR count). The smallest absolute Gasteiger partial charge is 0.135 e. The topological polar surface area (TPSA) is 49.0 Å². The van der Waals surface area contributed by atoms with Crippen molar-refractivity contribution in [1.82, 2.24) is 15.1 Å². The van der Waals surface area contributed by atoms with Crippen molar-refractivity contribution in [1.29, 1.82) is 0 Å². The number of hydrogen-bond acceptors (Lipinski definition) is 3. The van der Waals surface area contributed by atoms with Crippen molar-refractivity contribution in [3.05, 3.63) is 102 Å². The fraction of sp³-hybridized carbons (Fsp3) is 0.185. The van der Waals surface area contributed by atoms with E-state index in [0.29, 0.717) is 37.3 Å². The van der Waals surface area contributed by atoms with Crippen molar-refractivity contribution in [3.63, 3.8) is 0 Å². The minimum Gasteiger partial charge on any atom is -0.300 e. The summed E-state index contributed by atoms with van der Waals surface area (Å²) in [5.74, 6) is 0.0477. The quantitative estimate of drug-likeness (QED) is 0.450. The standard InChI is InChI=1S/C27H24FN3O/c28-26-11-10-22(27(23-17-29-30-18-23)31-14-12-24(32)13-15-31)16-25(26)21-8-6-20(7-9-21)19-4-2-1-3-5-19/h1-11,16-18,27H,12-15H2,(H,29,30). The number of ketones is 1. The summed E-state index contributed by atoms with van der Waals surface area (Å²) in [6.45, 7) is 1.38. The van der Waals surface area contributed by atoms with Crippen LogP contribution in [0.15, 0.2) is 85.2 Å². The third-order valence-electron chi connectivity index (χ3n) is 6.17. The Balaban J connectivity index is 1.50. The zero-order chi connectivity index (χ0) is 21.9. The van der Waals surface area contributed by atoms with Crippen LogP contribution < -0.4 is 0 Å². The van der Waals surface area contributed by atoms with Crippen LogP contribution in [0.2, 0.25) is 0 Å². The normalized spacial score (nSPS) is 15.6. The number of halogens is 1. The van der Waals surface area contributed by atoms with Gasteiger partial charge in [-0.15, -0.1) is 0 Å². The van der Waals surface area contributed by atoms with E-state index in [0.717, 1.165) is 27.8 Å². The first-order chi connectivity index (χ1) is 15.7. The van der Waals surface area contributed by atoms with Crippen molar-refractivity contribution < 1.29 is 9.18 Å². The monoisotopic (exact) mass is 425 g/mol. The molecule has 0 radical (unpaired) electrons. The third-order valence-corrected chi connectivity index (χ3v) is 6.17. The molecule has 5 heteroatoms. The van der Waals surface area contributed by atoms with E-state index < -0.39 is 0 Å². The van der Waals surface area contributed by atoms with Gasteiger partial charge in [0, 0.05) is 43.3 Å². The lowest BCUT2D eigenvalue weighted by atomic mass is 9.93. The first kappa shape index (κ1) is 20.3. The van der Waals surface area contributed by atoms with E-state index in [9.17, 15) is 9.18 Å². The number of hydrogen-bond donors (Lipinski definition) is 1. The van der Waals surface area contributed by atoms with Gasteiger partial charge in [0.25, 0.3) is 0 Å². The molecule has 1 saturated heterocycles. The molecule has 4 nitrogen and oxygen atoms in total. The van der Waals surface area contributed by atoms with E-state index in [2.05, 4.69) is 27.2 Å². The van der Waals surface area contributed by atoms with Crippen LogP contribution >= 0.6 is 0 Å². The Labute approximate surface area is 186 Å². The van der Waals surface area contributed by atoms with E-state index in [4.69, 9.17) is 0 Å². The van der Waals surface area contributed by atoms with Crippen LogP contribution in [0.3, 0.4) is 0 Å². The molecule has 3 aromatic carbocycles. The van der Waals surface area contributed by atoms with Gasteiger partial charge in [0.05, 0.1) is 12.2 Å². The number of aromatic amines is 1. The molecule has 0 saturated carbocycles. The lowest BCUT2D eigenvalue weighted by Gasteiger charge is -2.34. The number of carbonyl (C=O) groups is 1. The molecule has 160 valence electrons. The van der Waals surface area contributed by atoms with Gasteiger partial charge in [-0.25, -0.2) is 4.39 Å². The molecule has 1 aliphatic heterocycles. The van der Waals surface area contributed by atoms with Gasteiger partial charge in [0.2, 0.25) is 0 Å². The van der Waals surface area contributed by atoms with Gasteiger partial charge < -0.3 is 0 Å². The Morgan fingerprint density at radius 1 is 0.844 bits per heavy atom. The van der Waals surface area contributed by atoms with Crippen LogP contribution in [0.4, 0.5) is 4.39 Å². The molecule has 1 unspecified atom stereocenters. The van der Waals surface area contributed by atoms with Gasteiger partial charge in [-0.2, -0.15) is 5.10 Å². The number of likely N-dealkylation sites (tertiary alicyclic amines) is 1. The number of nitrogens with zero attached hydrogens (tertiary/aromatic N) is 2. The number of benzene rings is 3. The second-order valence-corrected chi connectivity index (χ2v) is 8.19. The molecule has 32 heavy (non-hydrogen) atoms. The summed E-state index contributed by atoms with van der Waals surface area (Å²) in [7, 11) is 0. The van der Waals surface area contributed by atoms with Gasteiger partial charge >= 0.3 is 0 Å². The van der Waals surface area contributed by atoms with Crippen molar-refractivity contribution in [2.75, 3.05) is 13.1 Å². The average molecular weight is 426 g/mol. The van der Waals surface area contributed by atoms with E-state index in [-0.39, 0.29) is 11.9 Å². The molecule has 1 aliphatic rings. The van der Waals surface area contributed by atoms with Crippen LogP contribution in [0, 0.1) is 5.82 Å². The highest BCUT2D eigenvalue weighted by molar-refractivity contribution is 5.79. The molecule has 0 aliphatic carbocycles. The summed E-state index contributed by atoms with van der Waals surface area (Å²) in [5.41, 5.74) is 5.64. The summed E-state index contributed by atoms with van der Waals surface area (Å²) in [5, 5.41) is 7.01. The highest BCUT2D eigenvalue weighted by atomic mass is 19.1. The molecule has 2 heterocycles. The second kappa shape index (κ2) is 8.89. The zero-order valence-electron chi connectivity index (χ0n) is 17.7. The Kier molecular flexibility index (Phi) is 5.65. The number of rotatable bonds is 5. The Hall–Kier alpha value is -3.57. The first-order valence-electron chi connectivity index (χ1n) is 10.9. The molecule has 1 atom stereocenters. The highest BCUT2D eigenvalue weighted by Gasteiger charge is 2.27. The van der Waals surface area contributed by atoms with E-state index >= 15 is 0 Å². The molecule has 0 amide bonds. The summed E-state index contributed by atoms with van der Waals surface area (Å²) in [6.07, 6.45) is 4.77. The summed E-state index contributed by atoms with van der Waals surface area (Å²) in [6, 6.07) is 23.4. The second-order valence-electron chi connectivity index (χ2n) is 8.19.